The summed E-state index contributed by atoms with van der Waals surface area (Å²) in [5.74, 6) is 1.27. The predicted molar refractivity (Wildman–Crippen MR) is 154 cm³/mol. The monoisotopic (exact) mass is 532 g/mol. The summed E-state index contributed by atoms with van der Waals surface area (Å²) in [6, 6.07) is 12.0. The highest BCUT2D eigenvalue weighted by Gasteiger charge is 2.32. The van der Waals surface area contributed by atoms with Gasteiger partial charge in [-0.05, 0) is 90.1 Å². The fourth-order valence-electron chi connectivity index (χ4n) is 5.12. The first kappa shape index (κ1) is 28.2. The van der Waals surface area contributed by atoms with E-state index in [4.69, 9.17) is 15.2 Å². The van der Waals surface area contributed by atoms with Crippen LogP contribution < -0.4 is 20.7 Å². The van der Waals surface area contributed by atoms with Gasteiger partial charge in [-0.2, -0.15) is 10.4 Å². The van der Waals surface area contributed by atoms with Crippen LogP contribution in [-0.4, -0.2) is 40.0 Å². The van der Waals surface area contributed by atoms with Gasteiger partial charge in [0.05, 0.1) is 29.7 Å². The average Bonchev–Trinajstić information content (AvgIpc) is 3.37. The molecule has 2 aromatic heterocycles. The van der Waals surface area contributed by atoms with E-state index in [-0.39, 0.29) is 12.1 Å². The first-order valence-electron chi connectivity index (χ1n) is 13.9. The second kappa shape index (κ2) is 12.0. The number of carbonyl (C=O) groups is 1. The van der Waals surface area contributed by atoms with Crippen molar-refractivity contribution in [2.45, 2.75) is 90.8 Å². The standard InChI is InChI=1S/C30H40N6O3/c1-6-8-24-27(34-21-11-9-20(32)10-12-21)25(19-31)26-17-18-33-36(26)28(24)35(29(37)39-30(3,4)5)22-13-15-23(16-14-22)38-7-2/h13-18,20-21,34H,6-12,32H2,1-5H3/t20-,21-. The Morgan fingerprint density at radius 3 is 2.46 bits per heavy atom. The smallest absolute Gasteiger partial charge is 0.420 e. The SMILES string of the molecule is CCCc1c(N[C@H]2CC[C@H](N)CC2)c(C#N)c2ccnn2c1N(C(=O)OC(C)(C)C)c1ccc(OCC)cc1. The zero-order valence-electron chi connectivity index (χ0n) is 23.7. The van der Waals surface area contributed by atoms with E-state index < -0.39 is 11.7 Å². The molecule has 3 aromatic rings. The van der Waals surface area contributed by atoms with Crippen LogP contribution in [0.2, 0.25) is 0 Å². The van der Waals surface area contributed by atoms with Gasteiger partial charge in [0.15, 0.2) is 0 Å². The molecule has 1 fully saturated rings. The number of hydrogen-bond acceptors (Lipinski definition) is 7. The molecule has 39 heavy (non-hydrogen) atoms. The lowest BCUT2D eigenvalue weighted by Crippen LogP contribution is -2.36. The minimum atomic E-state index is -0.719. The van der Waals surface area contributed by atoms with E-state index in [9.17, 15) is 10.1 Å². The Morgan fingerprint density at radius 2 is 1.87 bits per heavy atom. The van der Waals surface area contributed by atoms with E-state index >= 15 is 0 Å². The largest absolute Gasteiger partial charge is 0.494 e. The zero-order valence-corrected chi connectivity index (χ0v) is 23.7. The van der Waals surface area contributed by atoms with Gasteiger partial charge in [0.25, 0.3) is 0 Å². The molecular formula is C30H40N6O3. The highest BCUT2D eigenvalue weighted by molar-refractivity contribution is 5.98. The van der Waals surface area contributed by atoms with Crippen molar-refractivity contribution in [1.29, 1.82) is 5.26 Å². The van der Waals surface area contributed by atoms with Gasteiger partial charge < -0.3 is 20.5 Å². The van der Waals surface area contributed by atoms with Crippen LogP contribution in [0.3, 0.4) is 0 Å². The third kappa shape index (κ3) is 6.28. The molecule has 1 aliphatic carbocycles. The Kier molecular flexibility index (Phi) is 8.66. The van der Waals surface area contributed by atoms with Gasteiger partial charge >= 0.3 is 6.09 Å². The first-order chi connectivity index (χ1) is 18.7. The van der Waals surface area contributed by atoms with E-state index in [0.29, 0.717) is 41.4 Å². The van der Waals surface area contributed by atoms with E-state index in [1.165, 1.54) is 0 Å². The molecule has 208 valence electrons. The summed E-state index contributed by atoms with van der Waals surface area (Å²) in [7, 11) is 0. The number of rotatable bonds is 8. The minimum absolute atomic E-state index is 0.186. The Hall–Kier alpha value is -3.77. The number of ether oxygens (including phenoxy) is 2. The minimum Gasteiger partial charge on any atom is -0.494 e. The topological polar surface area (TPSA) is 118 Å². The normalized spacial score (nSPS) is 17.5. The van der Waals surface area contributed by atoms with Crippen molar-refractivity contribution < 1.29 is 14.3 Å². The molecule has 2 heterocycles. The van der Waals surface area contributed by atoms with Crippen molar-refractivity contribution in [3.8, 4) is 11.8 Å². The number of nitriles is 1. The summed E-state index contributed by atoms with van der Waals surface area (Å²) in [5.41, 5.74) is 8.81. The number of anilines is 3. The van der Waals surface area contributed by atoms with Crippen LogP contribution in [0.1, 0.15) is 77.8 Å². The quantitative estimate of drug-likeness (QED) is 0.349. The number of aromatic nitrogens is 2. The lowest BCUT2D eigenvalue weighted by atomic mass is 9.91. The number of hydrogen-bond donors (Lipinski definition) is 2. The fourth-order valence-corrected chi connectivity index (χ4v) is 5.12. The van der Waals surface area contributed by atoms with Crippen LogP contribution in [0.5, 0.6) is 5.75 Å². The molecule has 0 saturated heterocycles. The molecule has 0 spiro atoms. The maximum atomic E-state index is 13.9. The molecule has 4 rings (SSSR count). The highest BCUT2D eigenvalue weighted by Crippen LogP contribution is 2.40. The van der Waals surface area contributed by atoms with E-state index in [2.05, 4.69) is 23.4 Å². The van der Waals surface area contributed by atoms with Crippen molar-refractivity contribution in [2.75, 3.05) is 16.8 Å². The van der Waals surface area contributed by atoms with E-state index in [1.54, 1.807) is 15.6 Å². The Morgan fingerprint density at radius 1 is 1.18 bits per heavy atom. The molecule has 1 saturated carbocycles. The van der Waals surface area contributed by atoms with Gasteiger partial charge in [0, 0.05) is 17.6 Å². The van der Waals surface area contributed by atoms with Crippen LogP contribution in [0.25, 0.3) is 5.52 Å². The van der Waals surface area contributed by atoms with Gasteiger partial charge in [0.1, 0.15) is 28.8 Å². The van der Waals surface area contributed by atoms with Crippen LogP contribution in [0.15, 0.2) is 36.5 Å². The van der Waals surface area contributed by atoms with Gasteiger partial charge in [-0.15, -0.1) is 0 Å². The van der Waals surface area contributed by atoms with Crippen molar-refractivity contribution in [3.05, 3.63) is 47.7 Å². The highest BCUT2D eigenvalue weighted by atomic mass is 16.6. The summed E-state index contributed by atoms with van der Waals surface area (Å²) in [4.78, 5) is 15.5. The Balaban J connectivity index is 1.95. The molecule has 0 radical (unpaired) electrons. The molecular weight excluding hydrogens is 492 g/mol. The van der Waals surface area contributed by atoms with Crippen LogP contribution in [-0.2, 0) is 11.2 Å². The number of nitrogens with zero attached hydrogens (tertiary/aromatic N) is 4. The third-order valence-electron chi connectivity index (χ3n) is 6.85. The van der Waals surface area contributed by atoms with Gasteiger partial charge in [0.2, 0.25) is 0 Å². The number of benzene rings is 1. The number of nitrogens with two attached hydrogens (primary N) is 1. The summed E-state index contributed by atoms with van der Waals surface area (Å²) < 4.78 is 13.2. The predicted octanol–water partition coefficient (Wildman–Crippen LogP) is 6.31. The van der Waals surface area contributed by atoms with E-state index in [1.807, 2.05) is 58.0 Å². The number of carbonyl (C=O) groups excluding carboxylic acids is 1. The van der Waals surface area contributed by atoms with Crippen LogP contribution >= 0.6 is 0 Å². The van der Waals surface area contributed by atoms with Crippen molar-refractivity contribution in [2.24, 2.45) is 5.73 Å². The molecule has 1 aliphatic rings. The molecule has 1 amide bonds. The third-order valence-corrected chi connectivity index (χ3v) is 6.85. The lowest BCUT2D eigenvalue weighted by Gasteiger charge is -2.32. The first-order valence-corrected chi connectivity index (χ1v) is 13.9. The van der Waals surface area contributed by atoms with E-state index in [0.717, 1.165) is 43.4 Å². The van der Waals surface area contributed by atoms with Crippen LogP contribution in [0.4, 0.5) is 22.0 Å². The molecule has 9 heteroatoms. The summed E-state index contributed by atoms with van der Waals surface area (Å²) in [6.07, 6.45) is 6.27. The average molecular weight is 533 g/mol. The van der Waals surface area contributed by atoms with Crippen molar-refractivity contribution >= 4 is 28.8 Å². The molecule has 1 aromatic carbocycles. The number of pyridine rings is 1. The van der Waals surface area contributed by atoms with Gasteiger partial charge in [-0.3, -0.25) is 0 Å². The Labute approximate surface area is 230 Å². The van der Waals surface area contributed by atoms with Gasteiger partial charge in [-0.1, -0.05) is 13.3 Å². The molecule has 0 aliphatic heterocycles. The molecule has 3 N–H and O–H groups in total. The van der Waals surface area contributed by atoms with Crippen molar-refractivity contribution in [3.63, 3.8) is 0 Å². The summed E-state index contributed by atoms with van der Waals surface area (Å²) >= 11 is 0. The second-order valence-electron chi connectivity index (χ2n) is 11.0. The molecule has 0 bridgehead atoms. The summed E-state index contributed by atoms with van der Waals surface area (Å²) in [6.45, 7) is 10.1. The number of amides is 1. The second-order valence-corrected chi connectivity index (χ2v) is 11.0. The maximum absolute atomic E-state index is 13.9. The van der Waals surface area contributed by atoms with Crippen molar-refractivity contribution in [1.82, 2.24) is 9.61 Å². The van der Waals surface area contributed by atoms with Gasteiger partial charge in [-0.25, -0.2) is 14.2 Å². The molecule has 0 atom stereocenters. The maximum Gasteiger partial charge on any atom is 0.420 e. The Bertz CT molecular complexity index is 1330. The number of nitrogens with one attached hydrogen (secondary N) is 1. The zero-order chi connectivity index (χ0) is 28.2. The summed E-state index contributed by atoms with van der Waals surface area (Å²) in [5, 5.41) is 18.6. The fraction of sp³-hybridized carbons (Fsp3) is 0.500. The molecule has 0 unspecified atom stereocenters. The van der Waals surface area contributed by atoms with Crippen LogP contribution in [0, 0.1) is 11.3 Å². The molecule has 9 nitrogen and oxygen atoms in total. The lowest BCUT2D eigenvalue weighted by molar-refractivity contribution is 0.0597. The number of fused-ring (bicyclic) bond motifs is 1.